The molecular formula is C39H25N3O. The van der Waals surface area contributed by atoms with Crippen molar-refractivity contribution >= 4 is 43.5 Å². The van der Waals surface area contributed by atoms with Crippen LogP contribution in [0.3, 0.4) is 0 Å². The predicted molar refractivity (Wildman–Crippen MR) is 174 cm³/mol. The number of hydrogen-bond donors (Lipinski definition) is 0. The van der Waals surface area contributed by atoms with E-state index in [-0.39, 0.29) is 5.41 Å². The first-order chi connectivity index (χ1) is 21.1. The lowest BCUT2D eigenvalue weighted by atomic mass is 9.82. The van der Waals surface area contributed by atoms with E-state index in [1.807, 2.05) is 30.3 Å². The molecule has 0 saturated heterocycles. The van der Waals surface area contributed by atoms with Crippen LogP contribution in [0.15, 0.2) is 115 Å². The van der Waals surface area contributed by atoms with Gasteiger partial charge in [0.2, 0.25) is 5.95 Å². The lowest BCUT2D eigenvalue weighted by molar-refractivity contribution is 0.486. The van der Waals surface area contributed by atoms with Crippen LogP contribution in [0.2, 0.25) is 0 Å². The molecule has 3 heterocycles. The second-order valence-electron chi connectivity index (χ2n) is 12.2. The Labute approximate surface area is 247 Å². The van der Waals surface area contributed by atoms with E-state index in [2.05, 4.69) is 103 Å². The Balaban J connectivity index is 1.36. The lowest BCUT2D eigenvalue weighted by Crippen LogP contribution is -2.14. The third kappa shape index (κ3) is 2.85. The summed E-state index contributed by atoms with van der Waals surface area (Å²) in [6.45, 7) is 4.71. The van der Waals surface area contributed by atoms with E-state index in [4.69, 9.17) is 14.7 Å². The van der Waals surface area contributed by atoms with Crippen LogP contribution in [0, 0.1) is 0 Å². The van der Waals surface area contributed by atoms with Crippen LogP contribution < -0.4 is 4.74 Å². The van der Waals surface area contributed by atoms with Crippen molar-refractivity contribution in [3.63, 3.8) is 0 Å². The summed E-state index contributed by atoms with van der Waals surface area (Å²) in [5, 5.41) is 5.98. The molecule has 2 aromatic heterocycles. The molecule has 2 aliphatic rings. The fraction of sp³-hybridized carbons (Fsp3) is 0.0769. The van der Waals surface area contributed by atoms with Gasteiger partial charge in [0.1, 0.15) is 11.5 Å². The first-order valence-electron chi connectivity index (χ1n) is 14.8. The molecule has 202 valence electrons. The minimum atomic E-state index is -0.115. The molecule has 1 aliphatic carbocycles. The van der Waals surface area contributed by atoms with Crippen molar-refractivity contribution < 1.29 is 4.74 Å². The third-order valence-electron chi connectivity index (χ3n) is 9.60. The second-order valence-corrected chi connectivity index (χ2v) is 12.2. The van der Waals surface area contributed by atoms with Gasteiger partial charge in [0, 0.05) is 21.8 Å². The highest BCUT2D eigenvalue weighted by Gasteiger charge is 2.38. The minimum Gasteiger partial charge on any atom is -0.456 e. The topological polar surface area (TPSA) is 39.9 Å². The summed E-state index contributed by atoms with van der Waals surface area (Å²) in [6.07, 6.45) is 0. The molecule has 0 amide bonds. The van der Waals surface area contributed by atoms with Crippen LogP contribution >= 0.6 is 0 Å². The number of aromatic nitrogens is 3. The van der Waals surface area contributed by atoms with Gasteiger partial charge in [-0.1, -0.05) is 92.7 Å². The molecule has 1 aliphatic heterocycles. The maximum absolute atomic E-state index is 6.27. The fourth-order valence-corrected chi connectivity index (χ4v) is 7.65. The Hall–Kier alpha value is -5.48. The highest BCUT2D eigenvalue weighted by molar-refractivity contribution is 6.20. The van der Waals surface area contributed by atoms with Crippen molar-refractivity contribution in [2.24, 2.45) is 0 Å². The highest BCUT2D eigenvalue weighted by atomic mass is 16.5. The van der Waals surface area contributed by atoms with E-state index in [0.717, 1.165) is 44.7 Å². The summed E-state index contributed by atoms with van der Waals surface area (Å²) in [4.78, 5) is 10.5. The quantitative estimate of drug-likeness (QED) is 0.204. The maximum Gasteiger partial charge on any atom is 0.235 e. The van der Waals surface area contributed by atoms with Crippen molar-refractivity contribution in [3.05, 3.63) is 126 Å². The monoisotopic (exact) mass is 551 g/mol. The number of fused-ring (bicyclic) bond motifs is 11. The Morgan fingerprint density at radius 1 is 0.581 bits per heavy atom. The van der Waals surface area contributed by atoms with E-state index in [9.17, 15) is 0 Å². The fourth-order valence-electron chi connectivity index (χ4n) is 7.65. The van der Waals surface area contributed by atoms with E-state index >= 15 is 0 Å². The molecule has 10 rings (SSSR count). The molecule has 0 unspecified atom stereocenters. The Morgan fingerprint density at radius 2 is 1.33 bits per heavy atom. The zero-order chi connectivity index (χ0) is 28.4. The Morgan fingerprint density at radius 3 is 2.26 bits per heavy atom. The van der Waals surface area contributed by atoms with E-state index in [1.54, 1.807) is 0 Å². The molecule has 0 bridgehead atoms. The van der Waals surface area contributed by atoms with Gasteiger partial charge in [-0.15, -0.1) is 0 Å². The summed E-state index contributed by atoms with van der Waals surface area (Å²) in [6, 6.07) is 40.9. The molecular weight excluding hydrogens is 526 g/mol. The maximum atomic E-state index is 6.27. The number of para-hydroxylation sites is 2. The van der Waals surface area contributed by atoms with Crippen LogP contribution in [-0.2, 0) is 5.41 Å². The zero-order valence-corrected chi connectivity index (χ0v) is 23.7. The smallest absolute Gasteiger partial charge is 0.235 e. The zero-order valence-electron chi connectivity index (χ0n) is 23.7. The average Bonchev–Trinajstić information content (AvgIpc) is 3.50. The van der Waals surface area contributed by atoms with Gasteiger partial charge < -0.3 is 4.74 Å². The van der Waals surface area contributed by atoms with Crippen molar-refractivity contribution in [1.29, 1.82) is 0 Å². The molecule has 0 radical (unpaired) electrons. The van der Waals surface area contributed by atoms with Gasteiger partial charge in [0.05, 0.1) is 27.6 Å². The largest absolute Gasteiger partial charge is 0.456 e. The molecule has 4 nitrogen and oxygen atoms in total. The number of hydrogen-bond acceptors (Lipinski definition) is 3. The first kappa shape index (κ1) is 23.1. The summed E-state index contributed by atoms with van der Waals surface area (Å²) in [7, 11) is 0. The molecule has 0 atom stereocenters. The van der Waals surface area contributed by atoms with E-state index < -0.39 is 0 Å². The molecule has 8 aromatic rings. The van der Waals surface area contributed by atoms with Gasteiger partial charge in [-0.05, 0) is 69.4 Å². The lowest BCUT2D eigenvalue weighted by Gasteiger charge is -2.22. The number of rotatable bonds is 1. The van der Waals surface area contributed by atoms with Crippen molar-refractivity contribution in [2.45, 2.75) is 19.3 Å². The van der Waals surface area contributed by atoms with Crippen LogP contribution in [0.1, 0.15) is 25.0 Å². The molecule has 0 spiro atoms. The van der Waals surface area contributed by atoms with Crippen molar-refractivity contribution in [3.8, 4) is 39.8 Å². The third-order valence-corrected chi connectivity index (χ3v) is 9.60. The summed E-state index contributed by atoms with van der Waals surface area (Å²) in [5.74, 6) is 2.28. The standard InChI is InChI=1S/C39H25N3O/c1-39(2)26-19-18-22-10-3-4-11-23(22)33(26)35-27(39)20-21-30-34(35)24-12-5-7-15-29(24)42(30)38-40-28-14-9-17-32-36(28)37(41-38)25-13-6-8-16-31(25)43-32/h3-21H,1-2H3. The van der Waals surface area contributed by atoms with Gasteiger partial charge in [-0.25, -0.2) is 9.97 Å². The Kier molecular flexibility index (Phi) is 4.23. The SMILES string of the molecule is CC1(C)c2ccc3ccccc3c2-c2c1ccc1c2c2ccccc2n1-c1nc2c3c(cccc3n1)Oc1ccccc1-2. The molecule has 4 heteroatoms. The van der Waals surface area contributed by atoms with Crippen LogP contribution in [0.5, 0.6) is 11.5 Å². The average molecular weight is 552 g/mol. The van der Waals surface area contributed by atoms with Gasteiger partial charge in [0.15, 0.2) is 0 Å². The molecule has 0 N–H and O–H groups in total. The van der Waals surface area contributed by atoms with Crippen LogP contribution in [0.25, 0.3) is 71.8 Å². The van der Waals surface area contributed by atoms with Gasteiger partial charge in [0.25, 0.3) is 0 Å². The summed E-state index contributed by atoms with van der Waals surface area (Å²) < 4.78 is 8.52. The van der Waals surface area contributed by atoms with Gasteiger partial charge in [-0.2, -0.15) is 0 Å². The van der Waals surface area contributed by atoms with Crippen LogP contribution in [0.4, 0.5) is 0 Å². The second kappa shape index (κ2) is 7.87. The summed E-state index contributed by atoms with van der Waals surface area (Å²) in [5.41, 5.74) is 10.3. The molecule has 0 fully saturated rings. The highest BCUT2D eigenvalue weighted by Crippen LogP contribution is 2.55. The minimum absolute atomic E-state index is 0.115. The summed E-state index contributed by atoms with van der Waals surface area (Å²) >= 11 is 0. The van der Waals surface area contributed by atoms with Gasteiger partial charge >= 0.3 is 0 Å². The predicted octanol–water partition coefficient (Wildman–Crippen LogP) is 9.96. The normalized spacial score (nSPS) is 14.2. The molecule has 6 aromatic carbocycles. The Bertz CT molecular complexity index is 2520. The number of benzene rings is 6. The molecule has 43 heavy (non-hydrogen) atoms. The van der Waals surface area contributed by atoms with E-state index in [1.165, 1.54) is 43.8 Å². The van der Waals surface area contributed by atoms with Gasteiger partial charge in [-0.3, -0.25) is 4.57 Å². The van der Waals surface area contributed by atoms with E-state index in [0.29, 0.717) is 5.95 Å². The van der Waals surface area contributed by atoms with Crippen molar-refractivity contribution in [2.75, 3.05) is 0 Å². The van der Waals surface area contributed by atoms with Crippen molar-refractivity contribution in [1.82, 2.24) is 14.5 Å². The van der Waals surface area contributed by atoms with Crippen LogP contribution in [-0.4, -0.2) is 14.5 Å². The number of nitrogens with zero attached hydrogens (tertiary/aromatic N) is 3. The first-order valence-corrected chi connectivity index (χ1v) is 14.8. The number of ether oxygens (including phenoxy) is 1. The molecule has 0 saturated carbocycles.